The second-order valence-corrected chi connectivity index (χ2v) is 5.98. The highest BCUT2D eigenvalue weighted by Gasteiger charge is 2.36. The maximum absolute atomic E-state index is 12.9. The molecule has 130 valence electrons. The fourth-order valence-corrected chi connectivity index (χ4v) is 2.87. The van der Waals surface area contributed by atoms with Gasteiger partial charge < -0.3 is 10.5 Å². The molecule has 1 aliphatic rings. The number of hydrogen-bond donors (Lipinski definition) is 1. The molecular formula is C19H16F3NO2. The summed E-state index contributed by atoms with van der Waals surface area (Å²) in [5.74, 6) is -0.541. The number of hydrogen-bond acceptors (Lipinski definition) is 3. The normalized spacial score (nSPS) is 17.8. The highest BCUT2D eigenvalue weighted by Crippen LogP contribution is 2.34. The van der Waals surface area contributed by atoms with Gasteiger partial charge in [0.2, 0.25) is 5.78 Å². The van der Waals surface area contributed by atoms with Crippen LogP contribution in [0.1, 0.15) is 22.3 Å². The van der Waals surface area contributed by atoms with E-state index in [1.807, 2.05) is 31.2 Å². The van der Waals surface area contributed by atoms with E-state index in [0.717, 1.165) is 23.3 Å². The topological polar surface area (TPSA) is 52.3 Å². The average molecular weight is 347 g/mol. The van der Waals surface area contributed by atoms with Crippen LogP contribution in [0.15, 0.2) is 54.4 Å². The van der Waals surface area contributed by atoms with Crippen molar-refractivity contribution in [1.29, 1.82) is 0 Å². The first-order valence-corrected chi connectivity index (χ1v) is 7.69. The van der Waals surface area contributed by atoms with Crippen molar-refractivity contribution in [2.45, 2.75) is 25.6 Å². The van der Waals surface area contributed by atoms with Gasteiger partial charge in [0.05, 0.1) is 11.1 Å². The molecule has 2 N–H and O–H groups in total. The number of halogens is 3. The summed E-state index contributed by atoms with van der Waals surface area (Å²) in [6.45, 7) is 1.93. The second kappa shape index (κ2) is 6.27. The van der Waals surface area contributed by atoms with Crippen molar-refractivity contribution in [1.82, 2.24) is 0 Å². The van der Waals surface area contributed by atoms with Crippen LogP contribution < -0.4 is 5.73 Å². The summed E-state index contributed by atoms with van der Waals surface area (Å²) in [6.07, 6.45) is -5.01. The van der Waals surface area contributed by atoms with E-state index in [9.17, 15) is 18.0 Å². The molecular weight excluding hydrogens is 331 g/mol. The molecule has 0 aliphatic carbocycles. The van der Waals surface area contributed by atoms with Crippen LogP contribution in [-0.2, 0) is 22.1 Å². The lowest BCUT2D eigenvalue weighted by Crippen LogP contribution is -2.21. The van der Waals surface area contributed by atoms with Crippen molar-refractivity contribution < 1.29 is 22.7 Å². The Morgan fingerprint density at radius 3 is 2.52 bits per heavy atom. The molecule has 25 heavy (non-hydrogen) atoms. The smallest absolute Gasteiger partial charge is 0.416 e. The number of carbonyl (C=O) groups is 1. The molecule has 0 spiro atoms. The second-order valence-electron chi connectivity index (χ2n) is 5.98. The molecule has 3 nitrogen and oxygen atoms in total. The number of nitrogens with two attached hydrogens (primary N) is 1. The van der Waals surface area contributed by atoms with Crippen LogP contribution in [0.5, 0.6) is 0 Å². The standard InChI is InChI=1S/C19H16F3NO2/c1-11-4-2-5-12(8-11)9-15-17(24)16(18(23)25-15)13-6-3-7-14(10-13)19(20,21)22/h2-8,10,15H,9,23H2,1H3. The van der Waals surface area contributed by atoms with Gasteiger partial charge in [0.1, 0.15) is 0 Å². The third kappa shape index (κ3) is 3.52. The zero-order valence-electron chi connectivity index (χ0n) is 13.4. The lowest BCUT2D eigenvalue weighted by molar-refractivity contribution is -0.137. The molecule has 0 amide bonds. The van der Waals surface area contributed by atoms with E-state index in [4.69, 9.17) is 10.5 Å². The Bertz CT molecular complexity index is 856. The minimum absolute atomic E-state index is 0.00348. The Morgan fingerprint density at radius 1 is 1.12 bits per heavy atom. The van der Waals surface area contributed by atoms with Gasteiger partial charge in [0.25, 0.3) is 0 Å². The first-order chi connectivity index (χ1) is 11.8. The lowest BCUT2D eigenvalue weighted by atomic mass is 9.95. The molecule has 0 saturated carbocycles. The number of carbonyl (C=O) groups excluding carboxylic acids is 1. The van der Waals surface area contributed by atoms with Crippen LogP contribution in [0, 0.1) is 6.92 Å². The van der Waals surface area contributed by atoms with Crippen molar-refractivity contribution in [3.8, 4) is 0 Å². The van der Waals surface area contributed by atoms with Gasteiger partial charge in [-0.25, -0.2) is 0 Å². The van der Waals surface area contributed by atoms with E-state index < -0.39 is 23.6 Å². The van der Waals surface area contributed by atoms with Gasteiger partial charge in [-0.05, 0) is 30.2 Å². The maximum Gasteiger partial charge on any atom is 0.416 e. The number of benzene rings is 2. The van der Waals surface area contributed by atoms with Crippen molar-refractivity contribution >= 4 is 11.4 Å². The van der Waals surface area contributed by atoms with E-state index >= 15 is 0 Å². The van der Waals surface area contributed by atoms with Gasteiger partial charge >= 0.3 is 6.18 Å². The molecule has 0 saturated heterocycles. The Labute approximate surface area is 142 Å². The minimum Gasteiger partial charge on any atom is -0.467 e. The van der Waals surface area contributed by atoms with Crippen LogP contribution in [0.4, 0.5) is 13.2 Å². The van der Waals surface area contributed by atoms with Crippen LogP contribution in [0.25, 0.3) is 5.57 Å². The molecule has 3 rings (SSSR count). The fraction of sp³-hybridized carbons (Fsp3) is 0.211. The molecule has 0 fully saturated rings. The van der Waals surface area contributed by atoms with Gasteiger partial charge in [-0.15, -0.1) is 0 Å². The molecule has 2 aromatic rings. The lowest BCUT2D eigenvalue weighted by Gasteiger charge is -2.11. The fourth-order valence-electron chi connectivity index (χ4n) is 2.87. The van der Waals surface area contributed by atoms with Crippen LogP contribution in [-0.4, -0.2) is 11.9 Å². The zero-order valence-corrected chi connectivity index (χ0v) is 13.4. The number of aryl methyl sites for hydroxylation is 1. The van der Waals surface area contributed by atoms with Crippen molar-refractivity contribution in [2.75, 3.05) is 0 Å². The molecule has 1 atom stereocenters. The number of rotatable bonds is 3. The van der Waals surface area contributed by atoms with Crippen LogP contribution >= 0.6 is 0 Å². The van der Waals surface area contributed by atoms with Crippen LogP contribution in [0.3, 0.4) is 0 Å². The Kier molecular flexibility index (Phi) is 4.29. The van der Waals surface area contributed by atoms with E-state index in [1.54, 1.807) is 0 Å². The monoisotopic (exact) mass is 347 g/mol. The van der Waals surface area contributed by atoms with Crippen molar-refractivity contribution in [2.24, 2.45) is 5.73 Å². The SMILES string of the molecule is Cc1cccc(CC2OC(N)=C(c3cccc(C(F)(F)F)c3)C2=O)c1. The van der Waals surface area contributed by atoms with E-state index in [0.29, 0.717) is 6.42 Å². The zero-order chi connectivity index (χ0) is 18.2. The number of alkyl halides is 3. The molecule has 0 radical (unpaired) electrons. The summed E-state index contributed by atoms with van der Waals surface area (Å²) in [6, 6.07) is 12.1. The number of ketones is 1. The molecule has 0 bridgehead atoms. The van der Waals surface area contributed by atoms with Crippen molar-refractivity contribution in [3.05, 3.63) is 76.7 Å². The van der Waals surface area contributed by atoms with Gasteiger partial charge in [0, 0.05) is 6.42 Å². The van der Waals surface area contributed by atoms with E-state index in [2.05, 4.69) is 0 Å². The number of Topliss-reactive ketones (excluding diaryl/α,β-unsaturated/α-hetero) is 1. The van der Waals surface area contributed by atoms with Gasteiger partial charge in [-0.1, -0.05) is 42.0 Å². The summed E-state index contributed by atoms with van der Waals surface area (Å²) in [5.41, 5.74) is 7.02. The number of ether oxygens (including phenoxy) is 1. The highest BCUT2D eigenvalue weighted by atomic mass is 19.4. The third-order valence-electron chi connectivity index (χ3n) is 4.04. The molecule has 1 aliphatic heterocycles. The maximum atomic E-state index is 12.9. The predicted molar refractivity (Wildman–Crippen MR) is 87.3 cm³/mol. The first-order valence-electron chi connectivity index (χ1n) is 7.69. The Balaban J connectivity index is 1.86. The van der Waals surface area contributed by atoms with Gasteiger partial charge in [-0.3, -0.25) is 4.79 Å². The molecule has 1 unspecified atom stereocenters. The third-order valence-corrected chi connectivity index (χ3v) is 4.04. The van der Waals surface area contributed by atoms with Crippen molar-refractivity contribution in [3.63, 3.8) is 0 Å². The summed E-state index contributed by atoms with van der Waals surface area (Å²) in [4.78, 5) is 12.6. The summed E-state index contributed by atoms with van der Waals surface area (Å²) < 4.78 is 44.1. The minimum atomic E-state index is -4.49. The Hall–Kier alpha value is -2.76. The first kappa shape index (κ1) is 17.1. The van der Waals surface area contributed by atoms with Crippen LogP contribution in [0.2, 0.25) is 0 Å². The molecule has 1 heterocycles. The molecule has 6 heteroatoms. The average Bonchev–Trinajstić information content (AvgIpc) is 2.81. The highest BCUT2D eigenvalue weighted by molar-refractivity contribution is 6.25. The largest absolute Gasteiger partial charge is 0.467 e. The van der Waals surface area contributed by atoms with Gasteiger partial charge in [-0.2, -0.15) is 13.2 Å². The predicted octanol–water partition coefficient (Wildman–Crippen LogP) is 3.85. The molecule has 2 aromatic carbocycles. The summed E-state index contributed by atoms with van der Waals surface area (Å²) >= 11 is 0. The molecule has 0 aromatic heterocycles. The summed E-state index contributed by atoms with van der Waals surface area (Å²) in [7, 11) is 0. The van der Waals surface area contributed by atoms with E-state index in [1.165, 1.54) is 12.1 Å². The quantitative estimate of drug-likeness (QED) is 0.917. The summed E-state index contributed by atoms with van der Waals surface area (Å²) in [5, 5.41) is 0. The Morgan fingerprint density at radius 2 is 1.84 bits per heavy atom. The van der Waals surface area contributed by atoms with E-state index in [-0.39, 0.29) is 17.0 Å². The van der Waals surface area contributed by atoms with Gasteiger partial charge in [0.15, 0.2) is 12.0 Å².